The molecule has 7 heteroatoms. The number of H-pyrrole nitrogens is 1. The standard InChI is InChI=1S/C31H24N6O/c1-20-11-12-23(24-18-32-33-19-24)17-28(20)35-30(38)22-13-15-25(16-14-22)34-31-36-27-10-6-5-9-26(27)29(37-31)21-7-3-2-4-8-21/h2-19H,1H3,(H,32,33)(H,35,38)(H,34,36,37). The smallest absolute Gasteiger partial charge is 0.255 e. The minimum absolute atomic E-state index is 0.183. The van der Waals surface area contributed by atoms with Crippen LogP contribution in [0.1, 0.15) is 15.9 Å². The third kappa shape index (κ3) is 4.73. The molecule has 0 spiro atoms. The lowest BCUT2D eigenvalue weighted by Gasteiger charge is -2.12. The maximum Gasteiger partial charge on any atom is 0.255 e. The molecule has 2 aromatic heterocycles. The summed E-state index contributed by atoms with van der Waals surface area (Å²) >= 11 is 0. The van der Waals surface area contributed by atoms with Crippen LogP contribution >= 0.6 is 0 Å². The lowest BCUT2D eigenvalue weighted by Crippen LogP contribution is -2.12. The summed E-state index contributed by atoms with van der Waals surface area (Å²) in [5.74, 6) is 0.309. The number of nitrogens with zero attached hydrogens (tertiary/aromatic N) is 3. The van der Waals surface area contributed by atoms with Gasteiger partial charge < -0.3 is 10.6 Å². The van der Waals surface area contributed by atoms with E-state index in [1.165, 1.54) is 0 Å². The van der Waals surface area contributed by atoms with E-state index in [1.807, 2.05) is 98.0 Å². The van der Waals surface area contributed by atoms with Crippen LogP contribution in [0.3, 0.4) is 0 Å². The highest BCUT2D eigenvalue weighted by Crippen LogP contribution is 2.28. The van der Waals surface area contributed by atoms with Crippen LogP contribution in [-0.4, -0.2) is 26.1 Å². The molecule has 3 N–H and O–H groups in total. The molecule has 2 heterocycles. The third-order valence-electron chi connectivity index (χ3n) is 6.37. The van der Waals surface area contributed by atoms with Crippen LogP contribution in [0.15, 0.2) is 109 Å². The number of amides is 1. The number of aryl methyl sites for hydroxylation is 1. The number of anilines is 3. The van der Waals surface area contributed by atoms with Crippen LogP contribution in [0.4, 0.5) is 17.3 Å². The Labute approximate surface area is 219 Å². The quantitative estimate of drug-likeness (QED) is 0.231. The number of benzene rings is 4. The Morgan fingerprint density at radius 3 is 2.37 bits per heavy atom. The fraction of sp³-hybridized carbons (Fsp3) is 0.0323. The number of nitrogens with one attached hydrogen (secondary N) is 3. The van der Waals surface area contributed by atoms with E-state index in [0.717, 1.165) is 50.2 Å². The van der Waals surface area contributed by atoms with Gasteiger partial charge in [0.25, 0.3) is 5.91 Å². The van der Waals surface area contributed by atoms with Crippen molar-refractivity contribution in [2.75, 3.05) is 10.6 Å². The Hall–Kier alpha value is -5.30. The molecule has 0 aliphatic heterocycles. The van der Waals surface area contributed by atoms with Crippen LogP contribution in [0.25, 0.3) is 33.3 Å². The summed E-state index contributed by atoms with van der Waals surface area (Å²) in [6.07, 6.45) is 3.58. The molecule has 6 aromatic rings. The fourth-order valence-corrected chi connectivity index (χ4v) is 4.32. The third-order valence-corrected chi connectivity index (χ3v) is 6.37. The molecule has 0 aliphatic carbocycles. The first-order valence-corrected chi connectivity index (χ1v) is 12.2. The molecular weight excluding hydrogens is 472 g/mol. The molecule has 4 aromatic carbocycles. The first-order valence-electron chi connectivity index (χ1n) is 12.2. The number of fused-ring (bicyclic) bond motifs is 1. The first-order chi connectivity index (χ1) is 18.6. The second kappa shape index (κ2) is 9.99. The predicted molar refractivity (Wildman–Crippen MR) is 151 cm³/mol. The van der Waals surface area contributed by atoms with Gasteiger partial charge in [-0.15, -0.1) is 0 Å². The normalized spacial score (nSPS) is 10.9. The maximum absolute atomic E-state index is 13.0. The van der Waals surface area contributed by atoms with E-state index in [9.17, 15) is 4.79 Å². The number of carbonyl (C=O) groups excluding carboxylic acids is 1. The van der Waals surface area contributed by atoms with Gasteiger partial charge in [-0.25, -0.2) is 9.97 Å². The molecule has 7 nitrogen and oxygen atoms in total. The summed E-state index contributed by atoms with van der Waals surface area (Å²) < 4.78 is 0. The molecule has 0 saturated heterocycles. The van der Waals surface area contributed by atoms with Crippen molar-refractivity contribution in [1.29, 1.82) is 0 Å². The van der Waals surface area contributed by atoms with Crippen LogP contribution in [0.2, 0.25) is 0 Å². The molecule has 0 unspecified atom stereocenters. The molecule has 0 atom stereocenters. The molecule has 0 bridgehead atoms. The molecule has 0 radical (unpaired) electrons. The average molecular weight is 497 g/mol. The number of hydrogen-bond donors (Lipinski definition) is 3. The molecular formula is C31H24N6O. The highest BCUT2D eigenvalue weighted by Gasteiger charge is 2.12. The lowest BCUT2D eigenvalue weighted by atomic mass is 10.1. The number of aromatic nitrogens is 4. The monoisotopic (exact) mass is 496 g/mol. The minimum atomic E-state index is -0.183. The maximum atomic E-state index is 13.0. The van der Waals surface area contributed by atoms with E-state index in [0.29, 0.717) is 11.5 Å². The zero-order valence-corrected chi connectivity index (χ0v) is 20.6. The Balaban J connectivity index is 1.22. The van der Waals surface area contributed by atoms with Crippen LogP contribution in [-0.2, 0) is 0 Å². The summed E-state index contributed by atoms with van der Waals surface area (Å²) in [7, 11) is 0. The molecule has 0 saturated carbocycles. The topological polar surface area (TPSA) is 95.6 Å². The Kier molecular flexibility index (Phi) is 6.08. The number of rotatable bonds is 6. The summed E-state index contributed by atoms with van der Waals surface area (Å²) in [5.41, 5.74) is 7.75. The summed E-state index contributed by atoms with van der Waals surface area (Å²) in [6, 6.07) is 31.2. The van der Waals surface area contributed by atoms with Gasteiger partial charge in [0.1, 0.15) is 0 Å². The van der Waals surface area contributed by atoms with E-state index in [1.54, 1.807) is 18.3 Å². The zero-order chi connectivity index (χ0) is 25.9. The second-order valence-corrected chi connectivity index (χ2v) is 8.95. The number of hydrogen-bond acceptors (Lipinski definition) is 5. The predicted octanol–water partition coefficient (Wildman–Crippen LogP) is 6.99. The number of aromatic amines is 1. The molecule has 0 fully saturated rings. The van der Waals surface area contributed by atoms with Gasteiger partial charge in [-0.05, 0) is 54.4 Å². The van der Waals surface area contributed by atoms with Crippen molar-refractivity contribution in [3.63, 3.8) is 0 Å². The highest BCUT2D eigenvalue weighted by molar-refractivity contribution is 6.05. The summed E-state index contributed by atoms with van der Waals surface area (Å²) in [4.78, 5) is 22.5. The van der Waals surface area contributed by atoms with E-state index in [4.69, 9.17) is 9.97 Å². The second-order valence-electron chi connectivity index (χ2n) is 8.95. The van der Waals surface area contributed by atoms with Crippen molar-refractivity contribution < 1.29 is 4.79 Å². The van der Waals surface area contributed by atoms with Crippen LogP contribution in [0.5, 0.6) is 0 Å². The van der Waals surface area contributed by atoms with Gasteiger partial charge in [0.05, 0.1) is 17.4 Å². The van der Waals surface area contributed by atoms with Crippen molar-refractivity contribution >= 4 is 34.1 Å². The molecule has 38 heavy (non-hydrogen) atoms. The summed E-state index contributed by atoms with van der Waals surface area (Å²) in [5, 5.41) is 14.1. The van der Waals surface area contributed by atoms with Gasteiger partial charge in [0.15, 0.2) is 0 Å². The van der Waals surface area contributed by atoms with Crippen molar-refractivity contribution in [3.05, 3.63) is 121 Å². The highest BCUT2D eigenvalue weighted by atomic mass is 16.1. The minimum Gasteiger partial charge on any atom is -0.324 e. The summed E-state index contributed by atoms with van der Waals surface area (Å²) in [6.45, 7) is 1.97. The zero-order valence-electron chi connectivity index (χ0n) is 20.6. The Morgan fingerprint density at radius 1 is 0.789 bits per heavy atom. The van der Waals surface area contributed by atoms with Crippen molar-refractivity contribution in [3.8, 4) is 22.4 Å². The molecule has 1 amide bonds. The molecule has 0 aliphatic rings. The SMILES string of the molecule is Cc1ccc(-c2cn[nH]c2)cc1NC(=O)c1ccc(Nc2nc(-c3ccccc3)c3ccccc3n2)cc1. The first kappa shape index (κ1) is 23.1. The van der Waals surface area contributed by atoms with Gasteiger partial charge >= 0.3 is 0 Å². The van der Waals surface area contributed by atoms with E-state index < -0.39 is 0 Å². The fourth-order valence-electron chi connectivity index (χ4n) is 4.32. The van der Waals surface area contributed by atoms with Crippen molar-refractivity contribution in [2.45, 2.75) is 6.92 Å². The van der Waals surface area contributed by atoms with Crippen LogP contribution < -0.4 is 10.6 Å². The number of carbonyl (C=O) groups is 1. The van der Waals surface area contributed by atoms with Gasteiger partial charge in [-0.1, -0.05) is 60.7 Å². The average Bonchev–Trinajstić information content (AvgIpc) is 3.50. The van der Waals surface area contributed by atoms with E-state index in [2.05, 4.69) is 20.8 Å². The largest absolute Gasteiger partial charge is 0.324 e. The van der Waals surface area contributed by atoms with Gasteiger partial charge in [0.2, 0.25) is 5.95 Å². The van der Waals surface area contributed by atoms with Crippen molar-refractivity contribution in [2.24, 2.45) is 0 Å². The van der Waals surface area contributed by atoms with Crippen molar-refractivity contribution in [1.82, 2.24) is 20.2 Å². The van der Waals surface area contributed by atoms with Gasteiger partial charge in [-0.2, -0.15) is 5.10 Å². The van der Waals surface area contributed by atoms with Gasteiger partial charge in [0, 0.05) is 39.6 Å². The molecule has 6 rings (SSSR count). The van der Waals surface area contributed by atoms with Gasteiger partial charge in [-0.3, -0.25) is 9.89 Å². The number of para-hydroxylation sites is 1. The Bertz CT molecular complexity index is 1730. The Morgan fingerprint density at radius 2 is 1.58 bits per heavy atom. The van der Waals surface area contributed by atoms with E-state index in [-0.39, 0.29) is 5.91 Å². The van der Waals surface area contributed by atoms with Crippen LogP contribution in [0, 0.1) is 6.92 Å². The van der Waals surface area contributed by atoms with E-state index >= 15 is 0 Å². The lowest BCUT2D eigenvalue weighted by molar-refractivity contribution is 0.102. The molecule has 184 valence electrons.